The highest BCUT2D eigenvalue weighted by molar-refractivity contribution is 5.84. The molecule has 0 aliphatic carbocycles. The van der Waals surface area contributed by atoms with Crippen molar-refractivity contribution in [2.75, 3.05) is 20.7 Å². The predicted molar refractivity (Wildman–Crippen MR) is 105 cm³/mol. The summed E-state index contributed by atoms with van der Waals surface area (Å²) in [7, 11) is 3.55. The lowest BCUT2D eigenvalue weighted by atomic mass is 9.89. The number of rotatable bonds is 8. The van der Waals surface area contributed by atoms with E-state index >= 15 is 0 Å². The minimum Gasteiger partial charge on any atom is -0.493 e. The van der Waals surface area contributed by atoms with E-state index in [-0.39, 0.29) is 11.3 Å². The van der Waals surface area contributed by atoms with Gasteiger partial charge in [0.2, 0.25) is 5.91 Å². The summed E-state index contributed by atoms with van der Waals surface area (Å²) in [6.07, 6.45) is 3.96. The second-order valence-electron chi connectivity index (χ2n) is 8.28. The lowest BCUT2D eigenvalue weighted by Gasteiger charge is -2.16. The van der Waals surface area contributed by atoms with Crippen LogP contribution in [0.15, 0.2) is 16.7 Å². The van der Waals surface area contributed by atoms with Crippen molar-refractivity contribution in [3.8, 4) is 5.75 Å². The van der Waals surface area contributed by atoms with Gasteiger partial charge in [-0.2, -0.15) is 0 Å². The normalized spacial score (nSPS) is 11.8. The minimum atomic E-state index is 0.125. The van der Waals surface area contributed by atoms with Crippen LogP contribution in [-0.2, 0) is 17.6 Å². The first-order valence-corrected chi connectivity index (χ1v) is 9.46. The number of carbonyl (C=O) groups excluding carboxylic acids is 1. The minimum absolute atomic E-state index is 0.125. The zero-order valence-corrected chi connectivity index (χ0v) is 17.0. The fraction of sp³-hybridized carbons (Fsp3) is 0.619. The zero-order chi connectivity index (χ0) is 19.3. The van der Waals surface area contributed by atoms with E-state index in [4.69, 9.17) is 9.26 Å². The van der Waals surface area contributed by atoms with E-state index in [1.54, 1.807) is 19.0 Å². The van der Waals surface area contributed by atoms with Crippen molar-refractivity contribution in [1.29, 1.82) is 0 Å². The Morgan fingerprint density at radius 1 is 1.27 bits per heavy atom. The summed E-state index contributed by atoms with van der Waals surface area (Å²) in [5, 5.41) is 5.40. The molecule has 0 aliphatic heterocycles. The summed E-state index contributed by atoms with van der Waals surface area (Å²) in [5.41, 5.74) is 3.08. The van der Waals surface area contributed by atoms with E-state index in [0.29, 0.717) is 19.4 Å². The fourth-order valence-electron chi connectivity index (χ4n) is 2.97. The van der Waals surface area contributed by atoms with E-state index in [9.17, 15) is 4.79 Å². The first-order valence-electron chi connectivity index (χ1n) is 9.46. The maximum atomic E-state index is 11.7. The smallest absolute Gasteiger partial charge is 0.222 e. The van der Waals surface area contributed by atoms with Gasteiger partial charge in [-0.05, 0) is 36.8 Å². The molecule has 1 aromatic heterocycles. The molecule has 2 rings (SSSR count). The third kappa shape index (κ3) is 5.23. The van der Waals surface area contributed by atoms with E-state index in [2.05, 4.69) is 32.9 Å². The van der Waals surface area contributed by atoms with Gasteiger partial charge in [0.15, 0.2) is 5.58 Å². The molecule has 0 aliphatic rings. The van der Waals surface area contributed by atoms with Gasteiger partial charge in [-0.1, -0.05) is 39.3 Å². The van der Waals surface area contributed by atoms with Crippen molar-refractivity contribution in [2.45, 2.75) is 59.8 Å². The van der Waals surface area contributed by atoms with E-state index in [1.807, 2.05) is 12.1 Å². The van der Waals surface area contributed by atoms with Gasteiger partial charge < -0.3 is 14.2 Å². The number of aryl methyl sites for hydroxylation is 1. The molecule has 0 bridgehead atoms. The van der Waals surface area contributed by atoms with Crippen LogP contribution in [-0.4, -0.2) is 36.7 Å². The molecule has 0 saturated carbocycles. The van der Waals surface area contributed by atoms with Gasteiger partial charge in [0, 0.05) is 31.5 Å². The molecular formula is C21H32N2O3. The third-order valence-corrected chi connectivity index (χ3v) is 4.26. The predicted octanol–water partition coefficient (Wildman–Crippen LogP) is 4.62. The van der Waals surface area contributed by atoms with Gasteiger partial charge in [-0.25, -0.2) is 0 Å². The molecule has 1 amide bonds. The standard InChI is InChI=1S/C21H32N2O3/c1-7-9-16-18(25-13-8-10-19(24)23(5)6)12-11-15-17(14-21(2,3)4)22-26-20(15)16/h11-12H,7-10,13-14H2,1-6H3. The van der Waals surface area contributed by atoms with Crippen LogP contribution in [0.2, 0.25) is 0 Å². The molecular weight excluding hydrogens is 328 g/mol. The number of aromatic nitrogens is 1. The maximum Gasteiger partial charge on any atom is 0.222 e. The summed E-state index contributed by atoms with van der Waals surface area (Å²) in [6.45, 7) is 9.27. The Bertz CT molecular complexity index is 742. The number of fused-ring (bicyclic) bond motifs is 1. The molecule has 5 heteroatoms. The average molecular weight is 360 g/mol. The highest BCUT2D eigenvalue weighted by Crippen LogP contribution is 2.33. The van der Waals surface area contributed by atoms with Crippen LogP contribution in [0.25, 0.3) is 11.0 Å². The van der Waals surface area contributed by atoms with Crippen molar-refractivity contribution < 1.29 is 14.1 Å². The van der Waals surface area contributed by atoms with E-state index < -0.39 is 0 Å². The molecule has 0 spiro atoms. The average Bonchev–Trinajstić information content (AvgIpc) is 2.94. The molecule has 0 saturated heterocycles. The van der Waals surface area contributed by atoms with Crippen LogP contribution in [0.4, 0.5) is 0 Å². The topological polar surface area (TPSA) is 55.6 Å². The molecule has 144 valence electrons. The van der Waals surface area contributed by atoms with Crippen LogP contribution < -0.4 is 4.74 Å². The van der Waals surface area contributed by atoms with Crippen molar-refractivity contribution >= 4 is 16.9 Å². The number of carbonyl (C=O) groups is 1. The SMILES string of the molecule is CCCc1c(OCCCC(=O)N(C)C)ccc2c(CC(C)(C)C)noc12. The lowest BCUT2D eigenvalue weighted by Crippen LogP contribution is -2.21. The Balaban J connectivity index is 2.16. The van der Waals surface area contributed by atoms with E-state index in [0.717, 1.165) is 47.2 Å². The molecule has 0 N–H and O–H groups in total. The summed E-state index contributed by atoms with van der Waals surface area (Å²) in [6, 6.07) is 4.07. The quantitative estimate of drug-likeness (QED) is 0.645. The van der Waals surface area contributed by atoms with Gasteiger partial charge in [0.05, 0.1) is 12.3 Å². The Hall–Kier alpha value is -2.04. The maximum absolute atomic E-state index is 11.7. The lowest BCUT2D eigenvalue weighted by molar-refractivity contribution is -0.128. The number of benzene rings is 1. The summed E-state index contributed by atoms with van der Waals surface area (Å²) in [5.74, 6) is 0.968. The molecule has 0 unspecified atom stereocenters. The number of ether oxygens (including phenoxy) is 1. The summed E-state index contributed by atoms with van der Waals surface area (Å²) < 4.78 is 11.7. The Kier molecular flexibility index (Phi) is 6.68. The van der Waals surface area contributed by atoms with Crippen molar-refractivity contribution in [2.24, 2.45) is 5.41 Å². The Morgan fingerprint density at radius 2 is 2.00 bits per heavy atom. The van der Waals surface area contributed by atoms with E-state index in [1.165, 1.54) is 0 Å². The van der Waals surface area contributed by atoms with Gasteiger partial charge in [-0.15, -0.1) is 0 Å². The number of nitrogens with zero attached hydrogens (tertiary/aromatic N) is 2. The second-order valence-corrected chi connectivity index (χ2v) is 8.28. The van der Waals surface area contributed by atoms with Gasteiger partial charge in [-0.3, -0.25) is 4.79 Å². The summed E-state index contributed by atoms with van der Waals surface area (Å²) >= 11 is 0. The van der Waals surface area contributed by atoms with Crippen molar-refractivity contribution in [3.63, 3.8) is 0 Å². The van der Waals surface area contributed by atoms with Crippen LogP contribution in [0.1, 0.15) is 58.2 Å². The molecule has 0 radical (unpaired) electrons. The third-order valence-electron chi connectivity index (χ3n) is 4.26. The number of hydrogen-bond donors (Lipinski definition) is 0. The first kappa shape index (κ1) is 20.3. The highest BCUT2D eigenvalue weighted by Gasteiger charge is 2.20. The van der Waals surface area contributed by atoms with Gasteiger partial charge in [0.25, 0.3) is 0 Å². The molecule has 0 fully saturated rings. The molecule has 1 aromatic carbocycles. The largest absolute Gasteiger partial charge is 0.493 e. The van der Waals surface area contributed by atoms with Crippen LogP contribution in [0.5, 0.6) is 5.75 Å². The first-order chi connectivity index (χ1) is 12.2. The highest BCUT2D eigenvalue weighted by atomic mass is 16.5. The molecule has 1 heterocycles. The van der Waals surface area contributed by atoms with Gasteiger partial charge in [0.1, 0.15) is 5.75 Å². The molecule has 5 nitrogen and oxygen atoms in total. The van der Waals surface area contributed by atoms with Crippen molar-refractivity contribution in [1.82, 2.24) is 10.1 Å². The monoisotopic (exact) mass is 360 g/mol. The Labute approximate surface area is 156 Å². The molecule has 0 atom stereocenters. The van der Waals surface area contributed by atoms with Crippen LogP contribution in [0.3, 0.4) is 0 Å². The number of amides is 1. The van der Waals surface area contributed by atoms with Gasteiger partial charge >= 0.3 is 0 Å². The van der Waals surface area contributed by atoms with Crippen LogP contribution in [0, 0.1) is 5.41 Å². The van der Waals surface area contributed by atoms with Crippen LogP contribution >= 0.6 is 0 Å². The Morgan fingerprint density at radius 3 is 2.62 bits per heavy atom. The second kappa shape index (κ2) is 8.56. The number of hydrogen-bond acceptors (Lipinski definition) is 4. The molecule has 26 heavy (non-hydrogen) atoms. The fourth-order valence-corrected chi connectivity index (χ4v) is 2.97. The summed E-state index contributed by atoms with van der Waals surface area (Å²) in [4.78, 5) is 13.3. The zero-order valence-electron chi connectivity index (χ0n) is 17.0. The molecule has 2 aromatic rings. The van der Waals surface area contributed by atoms with Crippen molar-refractivity contribution in [3.05, 3.63) is 23.4 Å².